The molecule has 3 atom stereocenters. The van der Waals surface area contributed by atoms with Crippen molar-refractivity contribution in [1.29, 1.82) is 10.7 Å². The zero-order valence-electron chi connectivity index (χ0n) is 24.8. The number of hydrogen-bond acceptors (Lipinski definition) is 10. The van der Waals surface area contributed by atoms with Crippen LogP contribution in [0.3, 0.4) is 0 Å². The Morgan fingerprint density at radius 1 is 1.31 bits per heavy atom. The molecule has 3 aromatic heterocycles. The van der Waals surface area contributed by atoms with E-state index in [1.54, 1.807) is 16.9 Å². The highest BCUT2D eigenvalue weighted by atomic mass is 32.1. The van der Waals surface area contributed by atoms with Gasteiger partial charge in [0.05, 0.1) is 22.9 Å². The SMILES string of the molecule is CNCCC[C@H](C)[C@H](C)Oc1cc(-c2cnn(C)c2)nc(C(=N)C2=C(O)[C@@]3(CCC2)CCCc2sc(N)c(C#N)c23)n1. The molecule has 11 heteroatoms. The topological polar surface area (TPSA) is 159 Å². The Balaban J connectivity index is 1.54. The van der Waals surface area contributed by atoms with Crippen molar-refractivity contribution in [3.63, 3.8) is 0 Å². The summed E-state index contributed by atoms with van der Waals surface area (Å²) in [6.07, 6.45) is 10.00. The highest BCUT2D eigenvalue weighted by molar-refractivity contribution is 7.16. The minimum atomic E-state index is -0.718. The zero-order valence-corrected chi connectivity index (χ0v) is 25.6. The minimum absolute atomic E-state index is 0.0747. The number of thiophene rings is 1. The molecule has 0 aromatic carbocycles. The number of rotatable bonds is 10. The first-order valence-corrected chi connectivity index (χ1v) is 15.5. The summed E-state index contributed by atoms with van der Waals surface area (Å²) >= 11 is 1.45. The van der Waals surface area contributed by atoms with E-state index in [1.165, 1.54) is 11.3 Å². The van der Waals surface area contributed by atoms with Crippen molar-refractivity contribution in [2.24, 2.45) is 13.0 Å². The number of nitriles is 1. The maximum absolute atomic E-state index is 11.9. The van der Waals surface area contributed by atoms with E-state index in [2.05, 4.69) is 23.4 Å². The van der Waals surface area contributed by atoms with Crippen LogP contribution >= 0.6 is 11.3 Å². The second-order valence-corrected chi connectivity index (χ2v) is 12.7. The third kappa shape index (κ3) is 5.53. The average Bonchev–Trinajstić information content (AvgIpc) is 3.56. The number of aliphatic hydroxyl groups excluding tert-OH is 1. The predicted octanol–water partition coefficient (Wildman–Crippen LogP) is 5.43. The van der Waals surface area contributed by atoms with Gasteiger partial charge in [0.15, 0.2) is 5.82 Å². The Labute approximate surface area is 251 Å². The van der Waals surface area contributed by atoms with E-state index < -0.39 is 5.41 Å². The fourth-order valence-corrected chi connectivity index (χ4v) is 7.53. The van der Waals surface area contributed by atoms with E-state index in [0.29, 0.717) is 52.9 Å². The first-order chi connectivity index (χ1) is 20.2. The number of nitrogens with two attached hydrogens (primary N) is 1. The number of hydrogen-bond donors (Lipinski definition) is 4. The fraction of sp³-hybridized carbons (Fsp3) is 0.516. The van der Waals surface area contributed by atoms with Gasteiger partial charge in [0.2, 0.25) is 5.88 Å². The van der Waals surface area contributed by atoms with Gasteiger partial charge in [0, 0.05) is 35.3 Å². The average molecular weight is 589 g/mol. The zero-order chi connectivity index (χ0) is 30.0. The van der Waals surface area contributed by atoms with E-state index >= 15 is 0 Å². The summed E-state index contributed by atoms with van der Waals surface area (Å²) in [5.41, 5.74) is 8.84. The molecule has 5 N–H and O–H groups in total. The van der Waals surface area contributed by atoms with Crippen LogP contribution in [0.2, 0.25) is 0 Å². The normalized spacial score (nSPS) is 19.8. The molecule has 10 nitrogen and oxygen atoms in total. The second kappa shape index (κ2) is 12.2. The van der Waals surface area contributed by atoms with E-state index in [-0.39, 0.29) is 23.4 Å². The highest BCUT2D eigenvalue weighted by Crippen LogP contribution is 2.54. The molecule has 0 radical (unpaired) electrons. The molecule has 42 heavy (non-hydrogen) atoms. The highest BCUT2D eigenvalue weighted by Gasteiger charge is 2.47. The third-order valence-electron chi connectivity index (χ3n) is 8.80. The first kappa shape index (κ1) is 29.7. The van der Waals surface area contributed by atoms with Crippen LogP contribution in [0, 0.1) is 22.7 Å². The predicted molar refractivity (Wildman–Crippen MR) is 165 cm³/mol. The molecular weight excluding hydrogens is 548 g/mol. The Morgan fingerprint density at radius 3 is 2.76 bits per heavy atom. The lowest BCUT2D eigenvalue weighted by Crippen LogP contribution is -2.37. The molecule has 222 valence electrons. The van der Waals surface area contributed by atoms with Gasteiger partial charge in [-0.25, -0.2) is 4.98 Å². The standard InChI is InChI=1S/C31H40N8O2S/c1-18(8-7-13-35-3)19(2)41-25-14-23(20-16-36-39(4)17-20)37-30(38-25)27(33)21-9-5-11-31(28(21)40)12-6-10-24-26(31)22(15-32)29(34)42-24/h14,16-19,33,35,40H,5-13,34H2,1-4H3/t18-,19-,31-/m0/s1. The van der Waals surface area contributed by atoms with Crippen LogP contribution in [0.25, 0.3) is 11.3 Å². The van der Waals surface area contributed by atoms with Crippen molar-refractivity contribution >= 4 is 22.0 Å². The molecule has 0 saturated carbocycles. The van der Waals surface area contributed by atoms with Gasteiger partial charge in [-0.1, -0.05) is 6.92 Å². The molecule has 0 amide bonds. The number of aryl methyl sites for hydroxylation is 2. The quantitative estimate of drug-likeness (QED) is 0.180. The largest absolute Gasteiger partial charge is 0.511 e. The van der Waals surface area contributed by atoms with Gasteiger partial charge in [-0.3, -0.25) is 10.1 Å². The number of nitrogens with zero attached hydrogens (tertiary/aromatic N) is 5. The monoisotopic (exact) mass is 588 g/mol. The number of fused-ring (bicyclic) bond motifs is 2. The van der Waals surface area contributed by atoms with Crippen molar-refractivity contribution in [3.8, 4) is 23.2 Å². The van der Waals surface area contributed by atoms with Gasteiger partial charge in [0.25, 0.3) is 0 Å². The minimum Gasteiger partial charge on any atom is -0.511 e. The Kier molecular flexibility index (Phi) is 8.66. The van der Waals surface area contributed by atoms with Gasteiger partial charge in [-0.2, -0.15) is 15.3 Å². The lowest BCUT2D eigenvalue weighted by atomic mass is 9.63. The van der Waals surface area contributed by atoms with Crippen molar-refractivity contribution in [1.82, 2.24) is 25.1 Å². The summed E-state index contributed by atoms with van der Waals surface area (Å²) in [5.74, 6) is 1.04. The van der Waals surface area contributed by atoms with Crippen LogP contribution in [-0.2, 0) is 18.9 Å². The van der Waals surface area contributed by atoms with Gasteiger partial charge in [-0.15, -0.1) is 11.3 Å². The number of aromatic nitrogens is 4. The molecule has 2 aliphatic carbocycles. The molecule has 0 saturated heterocycles. The summed E-state index contributed by atoms with van der Waals surface area (Å²) in [7, 11) is 3.80. The number of ether oxygens (including phenoxy) is 1. The van der Waals surface area contributed by atoms with Gasteiger partial charge in [-0.05, 0) is 83.4 Å². The first-order valence-electron chi connectivity index (χ1n) is 14.7. The number of anilines is 1. The summed E-state index contributed by atoms with van der Waals surface area (Å²) in [6, 6.07) is 4.09. The molecule has 3 aromatic rings. The summed E-state index contributed by atoms with van der Waals surface area (Å²) in [6.45, 7) is 5.16. The molecular formula is C31H40N8O2S. The third-order valence-corrected chi connectivity index (χ3v) is 9.88. The smallest absolute Gasteiger partial charge is 0.217 e. The number of nitrogen functional groups attached to an aromatic ring is 1. The molecule has 5 rings (SSSR count). The van der Waals surface area contributed by atoms with Crippen molar-refractivity contribution in [2.75, 3.05) is 19.3 Å². The van der Waals surface area contributed by atoms with Gasteiger partial charge >= 0.3 is 0 Å². The van der Waals surface area contributed by atoms with E-state index in [9.17, 15) is 15.8 Å². The maximum atomic E-state index is 11.9. The van der Waals surface area contributed by atoms with E-state index in [1.807, 2.05) is 27.2 Å². The number of aliphatic hydroxyl groups is 1. The molecule has 3 heterocycles. The lowest BCUT2D eigenvalue weighted by molar-refractivity contribution is 0.147. The lowest BCUT2D eigenvalue weighted by Gasteiger charge is -2.41. The van der Waals surface area contributed by atoms with Crippen LogP contribution in [0.5, 0.6) is 5.88 Å². The van der Waals surface area contributed by atoms with Crippen molar-refractivity contribution < 1.29 is 9.84 Å². The van der Waals surface area contributed by atoms with Crippen LogP contribution in [0.4, 0.5) is 5.00 Å². The van der Waals surface area contributed by atoms with Gasteiger partial charge < -0.3 is 20.9 Å². The number of allylic oxidation sites excluding steroid dienone is 2. The van der Waals surface area contributed by atoms with Crippen LogP contribution < -0.4 is 15.8 Å². The Morgan fingerprint density at radius 2 is 2.07 bits per heavy atom. The van der Waals surface area contributed by atoms with E-state index in [4.69, 9.17) is 20.4 Å². The number of nitrogens with one attached hydrogen (secondary N) is 2. The van der Waals surface area contributed by atoms with Crippen molar-refractivity contribution in [2.45, 2.75) is 76.7 Å². The van der Waals surface area contributed by atoms with Crippen LogP contribution in [0.15, 0.2) is 29.8 Å². The summed E-state index contributed by atoms with van der Waals surface area (Å²) in [5, 5.41) is 39.1. The van der Waals surface area contributed by atoms with Crippen molar-refractivity contribution in [3.05, 3.63) is 51.6 Å². The molecule has 1 spiro atoms. The fourth-order valence-electron chi connectivity index (χ4n) is 6.36. The molecule has 0 bridgehead atoms. The van der Waals surface area contributed by atoms with E-state index in [0.717, 1.165) is 54.7 Å². The Bertz CT molecular complexity index is 1550. The molecule has 0 unspecified atom stereocenters. The summed E-state index contributed by atoms with van der Waals surface area (Å²) in [4.78, 5) is 10.5. The second-order valence-electron chi connectivity index (χ2n) is 11.6. The summed E-state index contributed by atoms with van der Waals surface area (Å²) < 4.78 is 8.05. The van der Waals surface area contributed by atoms with Crippen LogP contribution in [-0.4, -0.2) is 50.3 Å². The maximum Gasteiger partial charge on any atom is 0.217 e. The van der Waals surface area contributed by atoms with Crippen LogP contribution in [0.1, 0.15) is 80.6 Å². The molecule has 2 aliphatic rings. The molecule has 0 aliphatic heterocycles. The van der Waals surface area contributed by atoms with Gasteiger partial charge in [0.1, 0.15) is 28.6 Å². The molecule has 0 fully saturated rings. The Hall–Kier alpha value is -3.75.